The lowest BCUT2D eigenvalue weighted by atomic mass is 9.82. The zero-order chi connectivity index (χ0) is 30.0. The highest BCUT2D eigenvalue weighted by Crippen LogP contribution is 2.60. The number of hydrogen-bond acceptors (Lipinski definition) is 5. The number of likely N-dealkylation sites (tertiary alicyclic amines) is 1. The minimum Gasteiger partial charge on any atom is -0.394 e. The number of hydrogen-bond donors (Lipinski definition) is 1. The fourth-order valence-corrected chi connectivity index (χ4v) is 10.4. The van der Waals surface area contributed by atoms with Gasteiger partial charge in [0.25, 0.3) is 5.91 Å². The van der Waals surface area contributed by atoms with Gasteiger partial charge in [0.15, 0.2) is 5.60 Å². The molecular formula is C31H37BrFN3O5Si. The number of halogens is 2. The van der Waals surface area contributed by atoms with E-state index >= 15 is 4.11 Å². The number of carbonyl (C=O) groups is 3. The topological polar surface area (TPSA) is 90.4 Å². The van der Waals surface area contributed by atoms with Crippen molar-refractivity contribution in [2.75, 3.05) is 29.5 Å². The first-order valence-corrected chi connectivity index (χ1v) is 18.5. The van der Waals surface area contributed by atoms with Gasteiger partial charge in [-0.1, -0.05) is 35.0 Å². The van der Waals surface area contributed by atoms with Crippen LogP contribution < -0.4 is 9.80 Å². The predicted molar refractivity (Wildman–Crippen MR) is 163 cm³/mol. The number of aliphatic hydroxyl groups is 1. The maximum absolute atomic E-state index is 16.1. The number of rotatable bonds is 7. The van der Waals surface area contributed by atoms with Crippen LogP contribution in [0.25, 0.3) is 0 Å². The van der Waals surface area contributed by atoms with Crippen molar-refractivity contribution >= 4 is 53.4 Å². The number of β-lactam (4-membered cyclic amide) rings is 1. The molecule has 0 bridgehead atoms. The first kappa shape index (κ1) is 29.5. The van der Waals surface area contributed by atoms with Crippen LogP contribution in [0.2, 0.25) is 18.6 Å². The van der Waals surface area contributed by atoms with Crippen molar-refractivity contribution in [2.24, 2.45) is 5.92 Å². The minimum atomic E-state index is -3.42. The molecule has 0 aliphatic carbocycles. The van der Waals surface area contributed by atoms with Crippen LogP contribution >= 0.6 is 15.9 Å². The number of carbonyl (C=O) groups excluding carboxylic acids is 3. The zero-order valence-electron chi connectivity index (χ0n) is 24.2. The molecule has 1 N–H and O–H groups in total. The number of benzene rings is 2. The van der Waals surface area contributed by atoms with Crippen LogP contribution in [0, 0.1) is 5.92 Å². The van der Waals surface area contributed by atoms with Gasteiger partial charge in [-0.3, -0.25) is 14.4 Å². The molecule has 8 nitrogen and oxygen atoms in total. The lowest BCUT2D eigenvalue weighted by Crippen LogP contribution is -2.45. The Balaban J connectivity index is 1.33. The summed E-state index contributed by atoms with van der Waals surface area (Å²) >= 11 is 3.56. The van der Waals surface area contributed by atoms with Gasteiger partial charge in [0.1, 0.15) is 0 Å². The lowest BCUT2D eigenvalue weighted by molar-refractivity contribution is -0.150. The van der Waals surface area contributed by atoms with Crippen molar-refractivity contribution in [3.63, 3.8) is 0 Å². The predicted octanol–water partition coefficient (Wildman–Crippen LogP) is 4.88. The van der Waals surface area contributed by atoms with Crippen LogP contribution in [0.5, 0.6) is 0 Å². The average molecular weight is 659 g/mol. The molecule has 11 heteroatoms. The van der Waals surface area contributed by atoms with E-state index < -0.39 is 31.6 Å². The summed E-state index contributed by atoms with van der Waals surface area (Å²) in [5.41, 5.74) is 1.12. The van der Waals surface area contributed by atoms with E-state index in [1.165, 1.54) is 0 Å². The first-order valence-electron chi connectivity index (χ1n) is 14.7. The number of nitrogens with zero attached hydrogens (tertiary/aromatic N) is 3. The summed E-state index contributed by atoms with van der Waals surface area (Å²) in [4.78, 5) is 45.0. The van der Waals surface area contributed by atoms with Gasteiger partial charge in [0, 0.05) is 46.7 Å². The van der Waals surface area contributed by atoms with Gasteiger partial charge in [0.2, 0.25) is 20.2 Å². The molecule has 6 rings (SSSR count). The number of ether oxygens (including phenoxy) is 1. The Bertz CT molecular complexity index is 1420. The van der Waals surface area contributed by atoms with Crippen molar-refractivity contribution in [3.8, 4) is 0 Å². The molecule has 4 heterocycles. The van der Waals surface area contributed by atoms with Gasteiger partial charge in [-0.25, -0.2) is 0 Å². The monoisotopic (exact) mass is 657 g/mol. The molecule has 224 valence electrons. The largest absolute Gasteiger partial charge is 0.394 e. The molecule has 3 saturated heterocycles. The van der Waals surface area contributed by atoms with Gasteiger partial charge >= 0.3 is 0 Å². The van der Waals surface area contributed by atoms with Gasteiger partial charge in [-0.2, -0.15) is 0 Å². The van der Waals surface area contributed by atoms with Crippen LogP contribution in [-0.2, 0) is 31.3 Å². The Morgan fingerprint density at radius 3 is 2.52 bits per heavy atom. The smallest absolute Gasteiger partial charge is 0.264 e. The first-order chi connectivity index (χ1) is 20.0. The fraction of sp³-hybridized carbons (Fsp3) is 0.516. The highest BCUT2D eigenvalue weighted by atomic mass is 79.9. The van der Waals surface area contributed by atoms with Gasteiger partial charge in [-0.05, 0) is 61.8 Å². The fourth-order valence-electron chi connectivity index (χ4n) is 7.57. The van der Waals surface area contributed by atoms with Gasteiger partial charge < -0.3 is 28.7 Å². The molecule has 42 heavy (non-hydrogen) atoms. The third-order valence-corrected chi connectivity index (χ3v) is 12.6. The zero-order valence-corrected chi connectivity index (χ0v) is 26.8. The van der Waals surface area contributed by atoms with Crippen molar-refractivity contribution in [2.45, 2.75) is 75.5 Å². The second-order valence-corrected chi connectivity index (χ2v) is 17.3. The van der Waals surface area contributed by atoms with E-state index in [4.69, 9.17) is 4.74 Å². The maximum atomic E-state index is 16.1. The van der Waals surface area contributed by atoms with Crippen LogP contribution in [0.1, 0.15) is 43.7 Å². The highest BCUT2D eigenvalue weighted by Gasteiger charge is 2.67. The van der Waals surface area contributed by atoms with E-state index in [2.05, 4.69) is 15.9 Å². The van der Waals surface area contributed by atoms with Gasteiger partial charge in [-0.15, -0.1) is 0 Å². The maximum Gasteiger partial charge on any atom is 0.264 e. The summed E-state index contributed by atoms with van der Waals surface area (Å²) in [6.07, 6.45) is 1.33. The Hall–Kier alpha value is -2.60. The molecule has 0 radical (unpaired) electrons. The molecule has 2 aromatic rings. The summed E-state index contributed by atoms with van der Waals surface area (Å²) < 4.78 is 23.6. The van der Waals surface area contributed by atoms with Crippen molar-refractivity contribution < 1.29 is 28.3 Å². The van der Waals surface area contributed by atoms with E-state index in [9.17, 15) is 19.5 Å². The molecule has 0 unspecified atom stereocenters. The standard InChI is InChI=1S/C31H37BrFN3O5Si/c1-19-29(42(2,3)33)26(16-28(39)34-13-4-5-23(34)18-37)41-31(19)24-15-21(32)8-11-25(24)36(30(31)40)17-20-6-9-22(10-7-20)35-14-12-27(35)38/h6-11,15,19,23,26,29,37H,4-5,12-14,16-18H2,1-3H3/t19-,23-,26+,29-,31+/m0/s1. The third kappa shape index (κ3) is 4.72. The Morgan fingerprint density at radius 2 is 1.90 bits per heavy atom. The van der Waals surface area contributed by atoms with E-state index in [-0.39, 0.29) is 43.3 Å². The van der Waals surface area contributed by atoms with Crippen molar-refractivity contribution in [1.82, 2.24) is 4.90 Å². The van der Waals surface area contributed by atoms with E-state index in [1.807, 2.05) is 49.4 Å². The normalized spacial score (nSPS) is 29.0. The quantitative estimate of drug-likeness (QED) is 0.260. The van der Waals surface area contributed by atoms with Crippen LogP contribution in [0.15, 0.2) is 46.9 Å². The molecule has 3 fully saturated rings. The Kier molecular flexibility index (Phi) is 7.60. The molecule has 3 amide bonds. The van der Waals surface area contributed by atoms with Crippen molar-refractivity contribution in [1.29, 1.82) is 0 Å². The SMILES string of the molecule is C[C@H]1[C@H]([Si](C)(C)F)[C@@H](CC(=O)N2CCC[C@H]2CO)O[C@]12C(=O)N(Cc1ccc(N3CCC3=O)cc1)c1ccc(Br)cc12. The second-order valence-electron chi connectivity index (χ2n) is 12.6. The number of amides is 3. The second kappa shape index (κ2) is 10.8. The van der Waals surface area contributed by atoms with Crippen LogP contribution in [0.4, 0.5) is 15.5 Å². The number of aliphatic hydroxyl groups excluding tert-OH is 1. The summed E-state index contributed by atoms with van der Waals surface area (Å²) in [6.45, 7) is 6.60. The molecule has 1 spiro atoms. The Morgan fingerprint density at radius 1 is 1.17 bits per heavy atom. The van der Waals surface area contributed by atoms with E-state index in [1.54, 1.807) is 27.8 Å². The molecule has 0 aromatic heterocycles. The summed E-state index contributed by atoms with van der Waals surface area (Å²) in [6, 6.07) is 13.1. The van der Waals surface area contributed by atoms with E-state index in [0.717, 1.165) is 28.6 Å². The Labute approximate surface area is 255 Å². The molecule has 5 atom stereocenters. The summed E-state index contributed by atoms with van der Waals surface area (Å²) in [5.74, 6) is -0.816. The lowest BCUT2D eigenvalue weighted by Gasteiger charge is -2.31. The molecule has 0 saturated carbocycles. The van der Waals surface area contributed by atoms with Crippen LogP contribution in [-0.4, -0.2) is 68.0 Å². The molecule has 2 aromatic carbocycles. The van der Waals surface area contributed by atoms with Gasteiger partial charge in [0.05, 0.1) is 37.4 Å². The summed E-state index contributed by atoms with van der Waals surface area (Å²) in [5, 5.41) is 9.78. The van der Waals surface area contributed by atoms with E-state index in [0.29, 0.717) is 30.8 Å². The van der Waals surface area contributed by atoms with Crippen molar-refractivity contribution in [3.05, 3.63) is 58.1 Å². The van der Waals surface area contributed by atoms with Crippen LogP contribution in [0.3, 0.4) is 0 Å². The number of fused-ring (bicyclic) bond motifs is 2. The summed E-state index contributed by atoms with van der Waals surface area (Å²) in [7, 11) is -3.42. The molecule has 4 aliphatic heterocycles. The third-order valence-electron chi connectivity index (χ3n) is 9.65. The average Bonchev–Trinajstić information content (AvgIpc) is 3.59. The highest BCUT2D eigenvalue weighted by molar-refractivity contribution is 9.10. The minimum absolute atomic E-state index is 0.0269. The molecular weight excluding hydrogens is 621 g/mol. The molecule has 4 aliphatic rings. The number of anilines is 2.